The minimum Gasteiger partial charge on any atom is -0.376 e. The number of nitrogens with one attached hydrogen (secondary N) is 1. The van der Waals surface area contributed by atoms with Crippen molar-refractivity contribution in [1.82, 2.24) is 15.2 Å². The number of benzene rings is 1. The van der Waals surface area contributed by atoms with Gasteiger partial charge in [-0.05, 0) is 36.8 Å². The molecular weight excluding hydrogens is 341 g/mol. The van der Waals surface area contributed by atoms with Gasteiger partial charge < -0.3 is 10.1 Å². The van der Waals surface area contributed by atoms with Crippen molar-refractivity contribution in [2.75, 3.05) is 26.2 Å². The van der Waals surface area contributed by atoms with Crippen LogP contribution in [0.1, 0.15) is 24.1 Å². The summed E-state index contributed by atoms with van der Waals surface area (Å²) in [4.78, 5) is 6.27. The average molecular weight is 364 g/mol. The molecular formula is C19H23ClFN3O. The summed E-state index contributed by atoms with van der Waals surface area (Å²) in [7, 11) is 0. The number of halogens is 2. The molecule has 0 bridgehead atoms. The molecule has 0 radical (unpaired) electrons. The lowest BCUT2D eigenvalue weighted by Gasteiger charge is -2.38. The van der Waals surface area contributed by atoms with Gasteiger partial charge in [-0.3, -0.25) is 9.88 Å². The molecule has 0 spiro atoms. The molecule has 2 atom stereocenters. The molecule has 2 aromatic rings. The van der Waals surface area contributed by atoms with Gasteiger partial charge in [0.05, 0.1) is 18.8 Å². The van der Waals surface area contributed by atoms with Gasteiger partial charge in [0.2, 0.25) is 0 Å². The van der Waals surface area contributed by atoms with Gasteiger partial charge in [-0.2, -0.15) is 0 Å². The Hall–Kier alpha value is -1.53. The Morgan fingerprint density at radius 2 is 2.16 bits per heavy atom. The zero-order valence-electron chi connectivity index (χ0n) is 14.3. The normalized spacial score (nSPS) is 19.7. The first-order valence-electron chi connectivity index (χ1n) is 8.54. The van der Waals surface area contributed by atoms with Gasteiger partial charge in [0, 0.05) is 49.2 Å². The molecule has 6 heteroatoms. The van der Waals surface area contributed by atoms with E-state index in [0.717, 1.165) is 18.7 Å². The van der Waals surface area contributed by atoms with Crippen LogP contribution in [-0.4, -0.2) is 42.2 Å². The second kappa shape index (κ2) is 8.72. The molecule has 1 fully saturated rings. The average Bonchev–Trinajstić information content (AvgIpc) is 2.61. The van der Waals surface area contributed by atoms with Crippen molar-refractivity contribution in [2.24, 2.45) is 0 Å². The second-order valence-corrected chi connectivity index (χ2v) is 6.72. The van der Waals surface area contributed by atoms with Gasteiger partial charge in [-0.15, -0.1) is 0 Å². The smallest absolute Gasteiger partial charge is 0.129 e. The Balaban J connectivity index is 1.76. The monoisotopic (exact) mass is 363 g/mol. The molecule has 3 rings (SSSR count). The van der Waals surface area contributed by atoms with Crippen molar-refractivity contribution in [3.8, 4) is 0 Å². The highest BCUT2D eigenvalue weighted by molar-refractivity contribution is 6.31. The number of hydrogen-bond donors (Lipinski definition) is 1. The molecule has 2 heterocycles. The van der Waals surface area contributed by atoms with Gasteiger partial charge in [0.25, 0.3) is 0 Å². The predicted molar refractivity (Wildman–Crippen MR) is 97.1 cm³/mol. The van der Waals surface area contributed by atoms with Crippen molar-refractivity contribution < 1.29 is 9.13 Å². The predicted octanol–water partition coefficient (Wildman–Crippen LogP) is 3.43. The summed E-state index contributed by atoms with van der Waals surface area (Å²) >= 11 is 6.34. The lowest BCUT2D eigenvalue weighted by molar-refractivity contribution is -0.0349. The minimum atomic E-state index is -0.262. The Bertz CT molecular complexity index is 665. The first-order chi connectivity index (χ1) is 12.1. The SMILES string of the molecule is CC1CN(C(CNCc2ccncc2)c2c(F)cccc2Cl)CCO1. The molecule has 1 saturated heterocycles. The molecule has 0 amide bonds. The Morgan fingerprint density at radius 3 is 2.88 bits per heavy atom. The molecule has 25 heavy (non-hydrogen) atoms. The topological polar surface area (TPSA) is 37.4 Å². The van der Waals surface area contributed by atoms with Crippen LogP contribution >= 0.6 is 11.6 Å². The maximum absolute atomic E-state index is 14.5. The number of aromatic nitrogens is 1. The van der Waals surface area contributed by atoms with E-state index in [1.807, 2.05) is 19.1 Å². The van der Waals surface area contributed by atoms with E-state index in [9.17, 15) is 4.39 Å². The van der Waals surface area contributed by atoms with Crippen molar-refractivity contribution in [3.63, 3.8) is 0 Å². The fourth-order valence-electron chi connectivity index (χ4n) is 3.23. The highest BCUT2D eigenvalue weighted by Gasteiger charge is 2.28. The van der Waals surface area contributed by atoms with Gasteiger partial charge in [0.15, 0.2) is 0 Å². The number of hydrogen-bond acceptors (Lipinski definition) is 4. The number of pyridine rings is 1. The number of morpholine rings is 1. The summed E-state index contributed by atoms with van der Waals surface area (Å²) in [5.74, 6) is -0.262. The summed E-state index contributed by atoms with van der Waals surface area (Å²) in [6, 6.07) is 8.66. The van der Waals surface area contributed by atoms with Crippen LogP contribution in [0.2, 0.25) is 5.02 Å². The van der Waals surface area contributed by atoms with Gasteiger partial charge in [-0.25, -0.2) is 4.39 Å². The summed E-state index contributed by atoms with van der Waals surface area (Å²) in [5, 5.41) is 3.90. The lowest BCUT2D eigenvalue weighted by Crippen LogP contribution is -2.46. The van der Waals surface area contributed by atoms with Crippen LogP contribution in [-0.2, 0) is 11.3 Å². The third kappa shape index (κ3) is 4.76. The molecule has 4 nitrogen and oxygen atoms in total. The van der Waals surface area contributed by atoms with Crippen LogP contribution in [0.5, 0.6) is 0 Å². The summed E-state index contributed by atoms with van der Waals surface area (Å²) < 4.78 is 20.2. The number of ether oxygens (including phenoxy) is 1. The zero-order valence-corrected chi connectivity index (χ0v) is 15.0. The molecule has 1 aliphatic heterocycles. The van der Waals surface area contributed by atoms with Crippen molar-refractivity contribution in [3.05, 3.63) is 64.7 Å². The van der Waals surface area contributed by atoms with Crippen LogP contribution in [0.15, 0.2) is 42.7 Å². The van der Waals surface area contributed by atoms with Crippen LogP contribution in [0.25, 0.3) is 0 Å². The molecule has 0 saturated carbocycles. The van der Waals surface area contributed by atoms with Crippen LogP contribution < -0.4 is 5.32 Å². The fraction of sp³-hybridized carbons (Fsp3) is 0.421. The third-order valence-electron chi connectivity index (χ3n) is 4.46. The molecule has 1 aromatic carbocycles. The maximum Gasteiger partial charge on any atom is 0.129 e. The summed E-state index contributed by atoms with van der Waals surface area (Å²) in [6.07, 6.45) is 3.67. The number of nitrogens with zero attached hydrogens (tertiary/aromatic N) is 2. The quantitative estimate of drug-likeness (QED) is 0.853. The Kier molecular flexibility index (Phi) is 6.37. The number of rotatable bonds is 6. The van der Waals surface area contributed by atoms with Gasteiger partial charge in [0.1, 0.15) is 5.82 Å². The lowest BCUT2D eigenvalue weighted by atomic mass is 10.0. The van der Waals surface area contributed by atoms with Gasteiger partial charge >= 0.3 is 0 Å². The van der Waals surface area contributed by atoms with E-state index < -0.39 is 0 Å². The molecule has 1 aliphatic rings. The molecule has 1 aromatic heterocycles. The second-order valence-electron chi connectivity index (χ2n) is 6.31. The zero-order chi connectivity index (χ0) is 17.6. The minimum absolute atomic E-state index is 0.127. The Morgan fingerprint density at radius 1 is 1.36 bits per heavy atom. The fourth-order valence-corrected chi connectivity index (χ4v) is 3.51. The molecule has 0 aliphatic carbocycles. The largest absolute Gasteiger partial charge is 0.376 e. The van der Waals surface area contributed by atoms with E-state index in [4.69, 9.17) is 16.3 Å². The van der Waals surface area contributed by atoms with Crippen LogP contribution in [0, 0.1) is 5.82 Å². The Labute approximate surface area is 153 Å². The first kappa shape index (κ1) is 18.3. The summed E-state index contributed by atoms with van der Waals surface area (Å²) in [6.45, 7) is 5.51. The maximum atomic E-state index is 14.5. The molecule has 2 unspecified atom stereocenters. The van der Waals surface area contributed by atoms with E-state index in [1.54, 1.807) is 24.5 Å². The van der Waals surface area contributed by atoms with E-state index in [-0.39, 0.29) is 18.0 Å². The summed E-state index contributed by atoms with van der Waals surface area (Å²) in [5.41, 5.74) is 1.70. The van der Waals surface area contributed by atoms with Crippen LogP contribution in [0.3, 0.4) is 0 Å². The van der Waals surface area contributed by atoms with Crippen LogP contribution in [0.4, 0.5) is 4.39 Å². The molecule has 134 valence electrons. The van der Waals surface area contributed by atoms with Gasteiger partial charge in [-0.1, -0.05) is 17.7 Å². The van der Waals surface area contributed by atoms with E-state index in [2.05, 4.69) is 15.2 Å². The highest BCUT2D eigenvalue weighted by Crippen LogP contribution is 2.31. The highest BCUT2D eigenvalue weighted by atomic mass is 35.5. The first-order valence-corrected chi connectivity index (χ1v) is 8.92. The van der Waals surface area contributed by atoms with E-state index >= 15 is 0 Å². The van der Waals surface area contributed by atoms with Crippen molar-refractivity contribution in [1.29, 1.82) is 0 Å². The third-order valence-corrected chi connectivity index (χ3v) is 4.79. The van der Waals surface area contributed by atoms with Crippen molar-refractivity contribution in [2.45, 2.75) is 25.6 Å². The van der Waals surface area contributed by atoms with E-state index in [0.29, 0.717) is 30.3 Å². The standard InChI is InChI=1S/C19H23ClFN3O/c1-14-13-24(9-10-25-14)18(19-16(20)3-2-4-17(19)21)12-23-11-15-5-7-22-8-6-15/h2-8,14,18,23H,9-13H2,1H3. The molecule has 1 N–H and O–H groups in total. The van der Waals surface area contributed by atoms with Crippen molar-refractivity contribution >= 4 is 11.6 Å². The van der Waals surface area contributed by atoms with E-state index in [1.165, 1.54) is 6.07 Å².